The molecule has 2 heterocycles. The summed E-state index contributed by atoms with van der Waals surface area (Å²) < 4.78 is 6.33. The van der Waals surface area contributed by atoms with Gasteiger partial charge in [-0.15, -0.1) is 0 Å². The molecule has 0 unspecified atom stereocenters. The predicted octanol–water partition coefficient (Wildman–Crippen LogP) is 3.14. The van der Waals surface area contributed by atoms with E-state index in [9.17, 15) is 4.79 Å². The number of amides is 1. The molecule has 29 heavy (non-hydrogen) atoms. The van der Waals surface area contributed by atoms with E-state index in [1.165, 1.54) is 37.7 Å². The minimum absolute atomic E-state index is 0.302. The first kappa shape index (κ1) is 20.8. The lowest BCUT2D eigenvalue weighted by Gasteiger charge is -2.38. The van der Waals surface area contributed by atoms with Crippen LogP contribution in [0.15, 0.2) is 30.3 Å². The third kappa shape index (κ3) is 6.27. The largest absolute Gasteiger partial charge is 0.375 e. The van der Waals surface area contributed by atoms with E-state index in [-0.39, 0.29) is 0 Å². The van der Waals surface area contributed by atoms with Crippen LogP contribution in [0.2, 0.25) is 0 Å². The zero-order valence-electron chi connectivity index (χ0n) is 17.8. The minimum Gasteiger partial charge on any atom is -0.375 e. The monoisotopic (exact) mass is 399 g/mol. The second kappa shape index (κ2) is 10.6. The SMILES string of the molecule is O=C(CN1CCC(OC2CCCCC2)CC1)N1CCN(Cc2ccccc2)CC1. The number of carbonyl (C=O) groups excluding carboxylic acids is 1. The highest BCUT2D eigenvalue weighted by atomic mass is 16.5. The van der Waals surface area contributed by atoms with Crippen LogP contribution in [0.5, 0.6) is 0 Å². The Balaban J connectivity index is 1.13. The van der Waals surface area contributed by atoms with E-state index in [2.05, 4.69) is 45.0 Å². The fourth-order valence-corrected chi connectivity index (χ4v) is 4.97. The molecule has 0 aromatic heterocycles. The van der Waals surface area contributed by atoms with E-state index in [4.69, 9.17) is 4.74 Å². The first-order valence-corrected chi connectivity index (χ1v) is 11.7. The average molecular weight is 400 g/mol. The lowest BCUT2D eigenvalue weighted by Crippen LogP contribution is -2.51. The number of hydrogen-bond donors (Lipinski definition) is 0. The van der Waals surface area contributed by atoms with Crippen LogP contribution in [0.4, 0.5) is 0 Å². The molecule has 5 heteroatoms. The number of carbonyl (C=O) groups is 1. The highest BCUT2D eigenvalue weighted by Crippen LogP contribution is 2.24. The third-order valence-corrected chi connectivity index (χ3v) is 6.80. The maximum absolute atomic E-state index is 12.8. The van der Waals surface area contributed by atoms with Gasteiger partial charge in [-0.2, -0.15) is 0 Å². The molecule has 2 saturated heterocycles. The van der Waals surface area contributed by atoms with Crippen LogP contribution in [-0.4, -0.2) is 78.6 Å². The van der Waals surface area contributed by atoms with Crippen LogP contribution >= 0.6 is 0 Å². The number of piperazine rings is 1. The molecule has 1 aromatic carbocycles. The Morgan fingerprint density at radius 1 is 0.793 bits per heavy atom. The van der Waals surface area contributed by atoms with Crippen molar-refractivity contribution in [3.63, 3.8) is 0 Å². The maximum Gasteiger partial charge on any atom is 0.236 e. The zero-order valence-corrected chi connectivity index (χ0v) is 17.8. The number of nitrogens with zero attached hydrogens (tertiary/aromatic N) is 3. The molecular formula is C24H37N3O2. The molecule has 0 bridgehead atoms. The van der Waals surface area contributed by atoms with Crippen molar-refractivity contribution >= 4 is 5.91 Å². The lowest BCUT2D eigenvalue weighted by atomic mass is 9.97. The molecule has 5 nitrogen and oxygen atoms in total. The molecule has 3 fully saturated rings. The van der Waals surface area contributed by atoms with Gasteiger partial charge in [-0.3, -0.25) is 14.6 Å². The number of benzene rings is 1. The van der Waals surface area contributed by atoms with Crippen molar-refractivity contribution in [1.29, 1.82) is 0 Å². The van der Waals surface area contributed by atoms with E-state index in [0.717, 1.165) is 58.7 Å². The maximum atomic E-state index is 12.8. The summed E-state index contributed by atoms with van der Waals surface area (Å²) in [6.45, 7) is 7.20. The van der Waals surface area contributed by atoms with Crippen LogP contribution in [0.3, 0.4) is 0 Å². The van der Waals surface area contributed by atoms with Gasteiger partial charge in [-0.25, -0.2) is 0 Å². The molecule has 0 N–H and O–H groups in total. The van der Waals surface area contributed by atoms with Crippen molar-refractivity contribution in [3.05, 3.63) is 35.9 Å². The Hall–Kier alpha value is -1.43. The Bertz CT molecular complexity index is 616. The summed E-state index contributed by atoms with van der Waals surface area (Å²) in [7, 11) is 0. The zero-order chi connectivity index (χ0) is 19.9. The number of rotatable bonds is 6. The standard InChI is InChI=1S/C24H37N3O2/c28-24(27-17-15-26(16-18-27)19-21-7-3-1-4-8-21)20-25-13-11-23(12-14-25)29-22-9-5-2-6-10-22/h1,3-4,7-8,22-23H,2,5-6,9-20H2. The van der Waals surface area contributed by atoms with E-state index in [0.29, 0.717) is 24.7 Å². The Kier molecular flexibility index (Phi) is 7.58. The molecule has 1 aliphatic carbocycles. The van der Waals surface area contributed by atoms with E-state index < -0.39 is 0 Å². The molecule has 0 atom stereocenters. The number of ether oxygens (including phenoxy) is 1. The highest BCUT2D eigenvalue weighted by Gasteiger charge is 2.27. The summed E-state index contributed by atoms with van der Waals surface area (Å²) in [5.74, 6) is 0.302. The van der Waals surface area contributed by atoms with E-state index >= 15 is 0 Å². The third-order valence-electron chi connectivity index (χ3n) is 6.80. The Morgan fingerprint density at radius 3 is 2.14 bits per heavy atom. The van der Waals surface area contributed by atoms with Crippen LogP contribution in [0, 0.1) is 0 Å². The second-order valence-electron chi connectivity index (χ2n) is 9.01. The van der Waals surface area contributed by atoms with E-state index in [1.807, 2.05) is 0 Å². The minimum atomic E-state index is 0.302. The summed E-state index contributed by atoms with van der Waals surface area (Å²) in [5, 5.41) is 0. The quantitative estimate of drug-likeness (QED) is 0.736. The summed E-state index contributed by atoms with van der Waals surface area (Å²) >= 11 is 0. The van der Waals surface area contributed by atoms with Crippen molar-refractivity contribution in [3.8, 4) is 0 Å². The Morgan fingerprint density at radius 2 is 1.45 bits per heavy atom. The lowest BCUT2D eigenvalue weighted by molar-refractivity contribution is -0.135. The first-order valence-electron chi connectivity index (χ1n) is 11.7. The fourth-order valence-electron chi connectivity index (χ4n) is 4.97. The van der Waals surface area contributed by atoms with Gasteiger partial charge in [0, 0.05) is 45.8 Å². The van der Waals surface area contributed by atoms with Gasteiger partial charge in [0.05, 0.1) is 18.8 Å². The second-order valence-corrected chi connectivity index (χ2v) is 9.01. The molecule has 1 amide bonds. The summed E-state index contributed by atoms with van der Waals surface area (Å²) in [5.41, 5.74) is 1.35. The number of hydrogen-bond acceptors (Lipinski definition) is 4. The van der Waals surface area contributed by atoms with Gasteiger partial charge < -0.3 is 9.64 Å². The average Bonchev–Trinajstić information content (AvgIpc) is 2.77. The number of piperidine rings is 1. The van der Waals surface area contributed by atoms with Gasteiger partial charge in [-0.05, 0) is 31.2 Å². The molecule has 2 aliphatic heterocycles. The molecule has 3 aliphatic rings. The van der Waals surface area contributed by atoms with Crippen molar-refractivity contribution in [1.82, 2.24) is 14.7 Å². The van der Waals surface area contributed by atoms with Crippen LogP contribution in [-0.2, 0) is 16.1 Å². The van der Waals surface area contributed by atoms with Crippen molar-refractivity contribution in [2.24, 2.45) is 0 Å². The van der Waals surface area contributed by atoms with Crippen molar-refractivity contribution in [2.45, 2.75) is 63.7 Å². The molecule has 1 aromatic rings. The topological polar surface area (TPSA) is 36.0 Å². The highest BCUT2D eigenvalue weighted by molar-refractivity contribution is 5.78. The smallest absolute Gasteiger partial charge is 0.236 e. The van der Waals surface area contributed by atoms with Crippen LogP contribution < -0.4 is 0 Å². The molecule has 1 saturated carbocycles. The molecule has 0 spiro atoms. The molecule has 4 rings (SSSR count). The van der Waals surface area contributed by atoms with E-state index in [1.54, 1.807) is 0 Å². The van der Waals surface area contributed by atoms with Gasteiger partial charge in [-0.1, -0.05) is 49.6 Å². The first-order chi connectivity index (χ1) is 14.3. The van der Waals surface area contributed by atoms with Crippen LogP contribution in [0.25, 0.3) is 0 Å². The van der Waals surface area contributed by atoms with Gasteiger partial charge in [0.2, 0.25) is 5.91 Å². The fraction of sp³-hybridized carbons (Fsp3) is 0.708. The summed E-state index contributed by atoms with van der Waals surface area (Å²) in [4.78, 5) is 19.6. The van der Waals surface area contributed by atoms with Gasteiger partial charge >= 0.3 is 0 Å². The summed E-state index contributed by atoms with van der Waals surface area (Å²) in [6.07, 6.45) is 9.58. The predicted molar refractivity (Wildman–Crippen MR) is 116 cm³/mol. The molecule has 0 radical (unpaired) electrons. The van der Waals surface area contributed by atoms with Gasteiger partial charge in [0.25, 0.3) is 0 Å². The summed E-state index contributed by atoms with van der Waals surface area (Å²) in [6, 6.07) is 10.6. The van der Waals surface area contributed by atoms with Gasteiger partial charge in [0.1, 0.15) is 0 Å². The normalized spacial score (nSPS) is 23.4. The molecule has 160 valence electrons. The van der Waals surface area contributed by atoms with Crippen molar-refractivity contribution in [2.75, 3.05) is 45.8 Å². The number of likely N-dealkylation sites (tertiary alicyclic amines) is 1. The van der Waals surface area contributed by atoms with Crippen LogP contribution in [0.1, 0.15) is 50.5 Å². The van der Waals surface area contributed by atoms with Gasteiger partial charge in [0.15, 0.2) is 0 Å². The Labute approximate surface area is 176 Å². The molecular weight excluding hydrogens is 362 g/mol. The van der Waals surface area contributed by atoms with Crippen molar-refractivity contribution < 1.29 is 9.53 Å².